The summed E-state index contributed by atoms with van der Waals surface area (Å²) in [5.74, 6) is 0.275. The first kappa shape index (κ1) is 16.9. The molecule has 1 fully saturated rings. The van der Waals surface area contributed by atoms with Crippen LogP contribution in [0.15, 0.2) is 0 Å². The molecule has 0 aromatic heterocycles. The summed E-state index contributed by atoms with van der Waals surface area (Å²) < 4.78 is 26.3. The molecule has 0 unspecified atom stereocenters. The molecule has 1 saturated carbocycles. The van der Waals surface area contributed by atoms with E-state index in [0.29, 0.717) is 12.6 Å². The molecule has 0 bridgehead atoms. The third-order valence-electron chi connectivity index (χ3n) is 3.50. The molecule has 0 aromatic rings. The summed E-state index contributed by atoms with van der Waals surface area (Å²) in [6.45, 7) is 7.56. The van der Waals surface area contributed by atoms with Crippen LogP contribution in [0.4, 0.5) is 0 Å². The van der Waals surface area contributed by atoms with Crippen molar-refractivity contribution < 1.29 is 8.42 Å². The van der Waals surface area contributed by atoms with Crippen molar-refractivity contribution in [2.75, 3.05) is 18.8 Å². The average molecular weight is 290 g/mol. The number of rotatable bonds is 11. The molecule has 0 atom stereocenters. The Morgan fingerprint density at radius 1 is 1.21 bits per heavy atom. The fraction of sp³-hybridized carbons (Fsp3) is 1.00. The van der Waals surface area contributed by atoms with Gasteiger partial charge >= 0.3 is 0 Å². The van der Waals surface area contributed by atoms with E-state index in [1.807, 2.05) is 13.8 Å². The van der Waals surface area contributed by atoms with Gasteiger partial charge in [0.2, 0.25) is 10.0 Å². The van der Waals surface area contributed by atoms with Crippen LogP contribution in [0.5, 0.6) is 0 Å². The topological polar surface area (TPSA) is 49.4 Å². The molecule has 0 amide bonds. The molecular formula is C14H30N2O2S. The summed E-state index contributed by atoms with van der Waals surface area (Å²) in [5.41, 5.74) is 0. The maximum absolute atomic E-state index is 12.3. The average Bonchev–Trinajstić information content (AvgIpc) is 3.13. The van der Waals surface area contributed by atoms with Crippen LogP contribution < -0.4 is 5.32 Å². The molecule has 0 aromatic carbocycles. The number of unbranched alkanes of at least 4 members (excludes halogenated alkanes) is 2. The Balaban J connectivity index is 2.34. The normalized spacial score (nSPS) is 16.5. The zero-order valence-corrected chi connectivity index (χ0v) is 13.5. The second-order valence-electron chi connectivity index (χ2n) is 5.81. The smallest absolute Gasteiger partial charge is 0.214 e. The second kappa shape index (κ2) is 8.22. The van der Waals surface area contributed by atoms with Crippen molar-refractivity contribution in [3.05, 3.63) is 0 Å². The van der Waals surface area contributed by atoms with Crippen molar-refractivity contribution in [1.29, 1.82) is 0 Å². The van der Waals surface area contributed by atoms with Crippen molar-refractivity contribution in [2.45, 2.75) is 71.4 Å². The van der Waals surface area contributed by atoms with E-state index in [-0.39, 0.29) is 11.8 Å². The van der Waals surface area contributed by atoms with E-state index in [1.54, 1.807) is 4.31 Å². The molecule has 0 aliphatic heterocycles. The number of hydrogen-bond donors (Lipinski definition) is 1. The molecule has 114 valence electrons. The Morgan fingerprint density at radius 3 is 2.42 bits per heavy atom. The first-order chi connectivity index (χ1) is 8.97. The standard InChI is InChI=1S/C14H30N2O2S/c1-4-5-6-11-16(13(2)3)19(17,18)12-7-10-15-14-8-9-14/h13-15H,4-12H2,1-3H3. The summed E-state index contributed by atoms with van der Waals surface area (Å²) >= 11 is 0. The highest BCUT2D eigenvalue weighted by atomic mass is 32.2. The number of nitrogens with one attached hydrogen (secondary N) is 1. The van der Waals surface area contributed by atoms with Gasteiger partial charge in [0.25, 0.3) is 0 Å². The zero-order valence-electron chi connectivity index (χ0n) is 12.7. The van der Waals surface area contributed by atoms with Gasteiger partial charge in [-0.2, -0.15) is 4.31 Å². The Morgan fingerprint density at radius 2 is 1.89 bits per heavy atom. The Kier molecular flexibility index (Phi) is 7.32. The monoisotopic (exact) mass is 290 g/mol. The van der Waals surface area contributed by atoms with Crippen molar-refractivity contribution >= 4 is 10.0 Å². The highest BCUT2D eigenvalue weighted by molar-refractivity contribution is 7.89. The minimum absolute atomic E-state index is 0.0678. The van der Waals surface area contributed by atoms with E-state index in [9.17, 15) is 8.42 Å². The second-order valence-corrected chi connectivity index (χ2v) is 7.85. The number of sulfonamides is 1. The largest absolute Gasteiger partial charge is 0.314 e. The number of hydrogen-bond acceptors (Lipinski definition) is 3. The summed E-state index contributed by atoms with van der Waals surface area (Å²) in [6.07, 6.45) is 6.41. The SMILES string of the molecule is CCCCCN(C(C)C)S(=O)(=O)CCCNC1CC1. The molecule has 0 heterocycles. The lowest BCUT2D eigenvalue weighted by Crippen LogP contribution is -2.39. The lowest BCUT2D eigenvalue weighted by atomic mass is 10.2. The van der Waals surface area contributed by atoms with Crippen LogP contribution in [-0.4, -0.2) is 43.6 Å². The highest BCUT2D eigenvalue weighted by Crippen LogP contribution is 2.18. The zero-order chi connectivity index (χ0) is 14.3. The molecule has 1 aliphatic rings. The summed E-state index contributed by atoms with van der Waals surface area (Å²) in [7, 11) is -3.09. The van der Waals surface area contributed by atoms with Crippen molar-refractivity contribution in [2.24, 2.45) is 0 Å². The molecule has 0 saturated heterocycles. The van der Waals surface area contributed by atoms with Crippen LogP contribution in [0.25, 0.3) is 0 Å². The van der Waals surface area contributed by atoms with Gasteiger partial charge < -0.3 is 5.32 Å². The van der Waals surface area contributed by atoms with Crippen molar-refractivity contribution in [3.63, 3.8) is 0 Å². The van der Waals surface area contributed by atoms with Gasteiger partial charge in [0, 0.05) is 18.6 Å². The lowest BCUT2D eigenvalue weighted by molar-refractivity contribution is 0.345. The quantitative estimate of drug-likeness (QED) is 0.594. The van der Waals surface area contributed by atoms with E-state index in [0.717, 1.165) is 32.2 Å². The molecule has 4 nitrogen and oxygen atoms in total. The van der Waals surface area contributed by atoms with E-state index in [1.165, 1.54) is 12.8 Å². The third-order valence-corrected chi connectivity index (χ3v) is 5.63. The fourth-order valence-corrected chi connectivity index (χ4v) is 3.99. The molecule has 0 spiro atoms. The van der Waals surface area contributed by atoms with Gasteiger partial charge in [-0.1, -0.05) is 19.8 Å². The first-order valence-corrected chi connectivity index (χ1v) is 9.31. The summed E-state index contributed by atoms with van der Waals surface area (Å²) in [4.78, 5) is 0. The predicted octanol–water partition coefficient (Wildman–Crippen LogP) is 2.36. The van der Waals surface area contributed by atoms with E-state index < -0.39 is 10.0 Å². The van der Waals surface area contributed by atoms with Gasteiger partial charge in [-0.05, 0) is 46.1 Å². The maximum atomic E-state index is 12.3. The first-order valence-electron chi connectivity index (χ1n) is 7.70. The van der Waals surface area contributed by atoms with Gasteiger partial charge in [-0.25, -0.2) is 8.42 Å². The molecule has 0 radical (unpaired) electrons. The minimum Gasteiger partial charge on any atom is -0.314 e. The Labute approximate surface area is 119 Å². The van der Waals surface area contributed by atoms with E-state index >= 15 is 0 Å². The Hall–Kier alpha value is -0.130. The van der Waals surface area contributed by atoms with E-state index in [4.69, 9.17) is 0 Å². The maximum Gasteiger partial charge on any atom is 0.214 e. The fourth-order valence-electron chi connectivity index (χ4n) is 2.20. The van der Waals surface area contributed by atoms with Crippen LogP contribution >= 0.6 is 0 Å². The van der Waals surface area contributed by atoms with Crippen LogP contribution in [0.1, 0.15) is 59.3 Å². The lowest BCUT2D eigenvalue weighted by Gasteiger charge is -2.26. The van der Waals surface area contributed by atoms with Crippen LogP contribution in [0, 0.1) is 0 Å². The minimum atomic E-state index is -3.09. The molecule has 19 heavy (non-hydrogen) atoms. The molecule has 1 rings (SSSR count). The van der Waals surface area contributed by atoms with E-state index in [2.05, 4.69) is 12.2 Å². The van der Waals surface area contributed by atoms with Gasteiger partial charge in [-0.3, -0.25) is 0 Å². The summed E-state index contributed by atoms with van der Waals surface area (Å²) in [5, 5.41) is 3.37. The number of nitrogens with zero attached hydrogens (tertiary/aromatic N) is 1. The van der Waals surface area contributed by atoms with Crippen LogP contribution in [-0.2, 0) is 10.0 Å². The van der Waals surface area contributed by atoms with Gasteiger partial charge in [0.05, 0.1) is 5.75 Å². The third kappa shape index (κ3) is 6.72. The molecule has 1 N–H and O–H groups in total. The van der Waals surface area contributed by atoms with Gasteiger partial charge in [0.15, 0.2) is 0 Å². The van der Waals surface area contributed by atoms with Crippen molar-refractivity contribution in [3.8, 4) is 0 Å². The van der Waals surface area contributed by atoms with Gasteiger partial charge in [-0.15, -0.1) is 0 Å². The highest BCUT2D eigenvalue weighted by Gasteiger charge is 2.24. The Bertz CT molecular complexity index is 337. The molecular weight excluding hydrogens is 260 g/mol. The summed E-state index contributed by atoms with van der Waals surface area (Å²) in [6, 6.07) is 0.728. The van der Waals surface area contributed by atoms with Gasteiger partial charge in [0.1, 0.15) is 0 Å². The molecule has 5 heteroatoms. The molecule has 1 aliphatic carbocycles. The van der Waals surface area contributed by atoms with Crippen molar-refractivity contribution in [1.82, 2.24) is 9.62 Å². The predicted molar refractivity (Wildman–Crippen MR) is 80.8 cm³/mol. The van der Waals surface area contributed by atoms with Crippen LogP contribution in [0.3, 0.4) is 0 Å². The van der Waals surface area contributed by atoms with Crippen LogP contribution in [0.2, 0.25) is 0 Å².